The van der Waals surface area contributed by atoms with E-state index in [2.05, 4.69) is 110 Å². The highest BCUT2D eigenvalue weighted by atomic mass is 32.2. The zero-order valence-electron chi connectivity index (χ0n) is 28.5. The predicted molar refractivity (Wildman–Crippen MR) is 202 cm³/mol. The molecular weight excluding hydrogens is 641 g/mol. The summed E-state index contributed by atoms with van der Waals surface area (Å²) in [4.78, 5) is 17.0. The monoisotopic (exact) mass is 680 g/mol. The van der Waals surface area contributed by atoms with Gasteiger partial charge in [-0.25, -0.2) is 0 Å². The second kappa shape index (κ2) is 12.5. The van der Waals surface area contributed by atoms with Crippen molar-refractivity contribution in [2.75, 3.05) is 11.4 Å². The molecule has 2 aliphatic carbocycles. The average Bonchev–Trinajstić information content (AvgIpc) is 3.72. The molecule has 0 radical (unpaired) electrons. The first-order chi connectivity index (χ1) is 23.8. The van der Waals surface area contributed by atoms with Crippen LogP contribution in [0.25, 0.3) is 27.4 Å². The van der Waals surface area contributed by atoms with Crippen molar-refractivity contribution in [2.24, 2.45) is 0 Å². The number of anilines is 1. The molecule has 4 aromatic carbocycles. The van der Waals surface area contributed by atoms with Gasteiger partial charge in [0.25, 0.3) is 5.01 Å². The van der Waals surface area contributed by atoms with Gasteiger partial charge in [-0.3, -0.25) is 4.79 Å². The minimum Gasteiger partial charge on any atom is -0.871 e. The number of para-hydroxylation sites is 2. The Morgan fingerprint density at radius 2 is 1.57 bits per heavy atom. The summed E-state index contributed by atoms with van der Waals surface area (Å²) in [6, 6.07) is 30.5. The number of benzene rings is 4. The van der Waals surface area contributed by atoms with Crippen molar-refractivity contribution < 1.29 is 14.5 Å². The van der Waals surface area contributed by atoms with E-state index in [9.17, 15) is 9.90 Å². The van der Waals surface area contributed by atoms with Crippen molar-refractivity contribution in [2.45, 2.75) is 70.2 Å². The summed E-state index contributed by atoms with van der Waals surface area (Å²) < 4.78 is 3.47. The molecule has 2 heterocycles. The summed E-state index contributed by atoms with van der Waals surface area (Å²) >= 11 is 3.29. The Hall–Kier alpha value is -4.39. The van der Waals surface area contributed by atoms with Crippen LogP contribution < -0.4 is 14.6 Å². The van der Waals surface area contributed by atoms with Gasteiger partial charge < -0.3 is 10.0 Å². The van der Waals surface area contributed by atoms with Crippen LogP contribution in [0.3, 0.4) is 0 Å². The molecule has 0 atom stereocenters. The van der Waals surface area contributed by atoms with Gasteiger partial charge in [-0.1, -0.05) is 121 Å². The van der Waals surface area contributed by atoms with E-state index in [1.807, 2.05) is 24.3 Å². The van der Waals surface area contributed by atoms with Crippen molar-refractivity contribution in [3.8, 4) is 11.1 Å². The van der Waals surface area contributed by atoms with E-state index in [0.717, 1.165) is 69.6 Å². The van der Waals surface area contributed by atoms with Gasteiger partial charge in [-0.2, -0.15) is 4.57 Å². The van der Waals surface area contributed by atoms with E-state index >= 15 is 0 Å². The number of nitrogens with zero attached hydrogens (tertiary/aromatic N) is 2. The number of aryl methyl sites for hydroxylation is 3. The van der Waals surface area contributed by atoms with E-state index in [1.165, 1.54) is 33.4 Å². The van der Waals surface area contributed by atoms with Crippen LogP contribution in [-0.4, -0.2) is 12.3 Å². The highest BCUT2D eigenvalue weighted by Crippen LogP contribution is 2.52. The molecule has 8 rings (SSSR count). The summed E-state index contributed by atoms with van der Waals surface area (Å²) in [7, 11) is 0. The third kappa shape index (κ3) is 5.37. The van der Waals surface area contributed by atoms with Gasteiger partial charge in [0.1, 0.15) is 4.70 Å². The highest BCUT2D eigenvalue weighted by molar-refractivity contribution is 8.03. The normalized spacial score (nSPS) is 17.6. The second-order valence-electron chi connectivity index (χ2n) is 13.8. The number of hydrogen-bond donors (Lipinski definition) is 0. The Labute approximate surface area is 297 Å². The van der Waals surface area contributed by atoms with Gasteiger partial charge in [-0.15, -0.1) is 0 Å². The molecule has 0 bridgehead atoms. The molecule has 0 unspecified atom stereocenters. The topological polar surface area (TPSA) is 47.2 Å². The maximum Gasteiger partial charge on any atom is 0.263 e. The molecule has 6 heteroatoms. The molecular formula is C43H40N2O2S2. The maximum absolute atomic E-state index is 13.6. The summed E-state index contributed by atoms with van der Waals surface area (Å²) in [5, 5.41) is 15.5. The highest BCUT2D eigenvalue weighted by Gasteiger charge is 2.39. The van der Waals surface area contributed by atoms with Crippen LogP contribution >= 0.6 is 23.1 Å². The fourth-order valence-electron chi connectivity index (χ4n) is 7.75. The molecule has 1 aliphatic heterocycles. The number of aromatic nitrogens is 1. The number of rotatable bonds is 9. The molecule has 0 saturated carbocycles. The summed E-state index contributed by atoms with van der Waals surface area (Å²) in [5.41, 5.74) is 10.9. The smallest absolute Gasteiger partial charge is 0.263 e. The number of unbranched alkanes of at least 4 members (excludes halogenated alkanes) is 1. The molecule has 0 saturated heterocycles. The number of fused-ring (bicyclic) bond motifs is 5. The number of hydrogen-bond acceptors (Lipinski definition) is 5. The van der Waals surface area contributed by atoms with Crippen molar-refractivity contribution in [3.63, 3.8) is 0 Å². The first-order valence-electron chi connectivity index (χ1n) is 17.3. The SMILES string of the molecule is CCCCN1/C(=C/C2=C([O-])C(=C\c3sc4ccccc4[n+]3CCCC3(C)c4cc(C)ccc4-c4ccc(C)cc43)/C2=O)Sc2ccccc21. The van der Waals surface area contributed by atoms with Crippen molar-refractivity contribution in [1.82, 2.24) is 0 Å². The fraction of sp³-hybridized carbons (Fsp3) is 0.256. The predicted octanol–water partition coefficient (Wildman–Crippen LogP) is 9.41. The minimum absolute atomic E-state index is 0.0894. The van der Waals surface area contributed by atoms with Gasteiger partial charge in [-0.05, 0) is 73.2 Å². The van der Waals surface area contributed by atoms with E-state index in [0.29, 0.717) is 0 Å². The lowest BCUT2D eigenvalue weighted by Crippen LogP contribution is -2.37. The van der Waals surface area contributed by atoms with E-state index in [4.69, 9.17) is 0 Å². The quantitative estimate of drug-likeness (QED) is 0.115. The fourth-order valence-corrected chi connectivity index (χ4v) is 10.0. The van der Waals surface area contributed by atoms with Crippen molar-refractivity contribution >= 4 is 50.9 Å². The van der Waals surface area contributed by atoms with Crippen LogP contribution in [0.15, 0.2) is 118 Å². The van der Waals surface area contributed by atoms with Gasteiger partial charge >= 0.3 is 0 Å². The Balaban J connectivity index is 1.09. The summed E-state index contributed by atoms with van der Waals surface area (Å²) in [6.07, 6.45) is 7.73. The summed E-state index contributed by atoms with van der Waals surface area (Å²) in [6.45, 7) is 10.6. The molecule has 49 heavy (non-hydrogen) atoms. The molecule has 0 fully saturated rings. The zero-order valence-corrected chi connectivity index (χ0v) is 30.1. The number of allylic oxidation sites excluding steroid dienone is 3. The van der Waals surface area contributed by atoms with Crippen LogP contribution in [0.2, 0.25) is 0 Å². The average molecular weight is 681 g/mol. The van der Waals surface area contributed by atoms with Crippen LogP contribution in [0, 0.1) is 13.8 Å². The lowest BCUT2D eigenvalue weighted by molar-refractivity contribution is -0.669. The lowest BCUT2D eigenvalue weighted by Gasteiger charge is -2.29. The van der Waals surface area contributed by atoms with Crippen LogP contribution in [-0.2, 0) is 16.8 Å². The molecule has 5 aromatic rings. The van der Waals surface area contributed by atoms with E-state index in [-0.39, 0.29) is 28.1 Å². The van der Waals surface area contributed by atoms with Gasteiger partial charge in [0.05, 0.1) is 10.7 Å². The lowest BCUT2D eigenvalue weighted by atomic mass is 9.76. The van der Waals surface area contributed by atoms with Crippen molar-refractivity contribution in [3.05, 3.63) is 140 Å². The van der Waals surface area contributed by atoms with Crippen LogP contribution in [0.5, 0.6) is 0 Å². The number of Topliss-reactive ketones (excluding diaryl/α,β-unsaturated/α-hetero) is 1. The third-order valence-electron chi connectivity index (χ3n) is 10.4. The molecule has 0 amide bonds. The van der Waals surface area contributed by atoms with Crippen LogP contribution in [0.4, 0.5) is 5.69 Å². The van der Waals surface area contributed by atoms with Gasteiger partial charge in [0, 0.05) is 46.6 Å². The summed E-state index contributed by atoms with van der Waals surface area (Å²) in [5.74, 6) is -0.322. The van der Waals surface area contributed by atoms with E-state index in [1.54, 1.807) is 23.1 Å². The Kier molecular flexibility index (Phi) is 8.12. The number of ketones is 1. The van der Waals surface area contributed by atoms with Crippen molar-refractivity contribution in [1.29, 1.82) is 0 Å². The number of thioether (sulfide) groups is 1. The molecule has 1 aromatic heterocycles. The first kappa shape index (κ1) is 31.9. The van der Waals surface area contributed by atoms with E-state index < -0.39 is 0 Å². The largest absolute Gasteiger partial charge is 0.871 e. The number of carbonyl (C=O) groups is 1. The first-order valence-corrected chi connectivity index (χ1v) is 19.0. The Morgan fingerprint density at radius 1 is 0.878 bits per heavy atom. The number of thiazole rings is 1. The number of carbonyl (C=O) groups excluding carboxylic acids is 1. The van der Waals surface area contributed by atoms with Gasteiger partial charge in [0.2, 0.25) is 5.52 Å². The Morgan fingerprint density at radius 3 is 2.29 bits per heavy atom. The second-order valence-corrected chi connectivity index (χ2v) is 15.9. The molecule has 0 spiro atoms. The zero-order chi connectivity index (χ0) is 33.9. The maximum atomic E-state index is 13.6. The third-order valence-corrected chi connectivity index (χ3v) is 12.6. The molecule has 4 nitrogen and oxygen atoms in total. The molecule has 3 aliphatic rings. The minimum atomic E-state index is -0.161. The molecule has 246 valence electrons. The Bertz CT molecular complexity index is 2200. The molecule has 0 N–H and O–H groups in total. The van der Waals surface area contributed by atoms with Gasteiger partial charge in [0.15, 0.2) is 12.3 Å². The van der Waals surface area contributed by atoms with Crippen LogP contribution in [0.1, 0.15) is 66.8 Å². The standard InChI is InChI=1S/C43H40N2O2S2/c1-5-6-21-44-35-12-7-9-14-37(35)48-39(44)25-31-41(46)32(42(31)47)26-40-45(36-13-8-10-15-38(36)49-40)22-11-20-43(4)33-23-27(2)16-18-29(33)30-19-17-28(3)24-34(30)43/h7-10,12-19,23-26H,5-6,11,20-22H2,1-4H3.